The fourth-order valence-corrected chi connectivity index (χ4v) is 2.25. The van der Waals surface area contributed by atoms with Crippen LogP contribution in [0.25, 0.3) is 0 Å². The van der Waals surface area contributed by atoms with E-state index < -0.39 is 11.7 Å². The molecule has 1 N–H and O–H groups in total. The van der Waals surface area contributed by atoms with Crippen molar-refractivity contribution in [1.82, 2.24) is 5.32 Å². The van der Waals surface area contributed by atoms with Gasteiger partial charge in [-0.05, 0) is 42.9 Å². The summed E-state index contributed by atoms with van der Waals surface area (Å²) in [6.45, 7) is 3.81. The minimum atomic E-state index is -0.564. The molecule has 18 heavy (non-hydrogen) atoms. The van der Waals surface area contributed by atoms with Crippen molar-refractivity contribution in [3.63, 3.8) is 0 Å². The van der Waals surface area contributed by atoms with Gasteiger partial charge in [-0.2, -0.15) is 0 Å². The van der Waals surface area contributed by atoms with E-state index in [-0.39, 0.29) is 0 Å². The van der Waals surface area contributed by atoms with E-state index in [0.29, 0.717) is 12.1 Å². The maximum atomic E-state index is 11.9. The molecule has 0 saturated heterocycles. The van der Waals surface area contributed by atoms with Crippen LogP contribution in [0.4, 0.5) is 0 Å². The Labute approximate surface area is 107 Å². The van der Waals surface area contributed by atoms with Gasteiger partial charge in [0.15, 0.2) is 0 Å². The van der Waals surface area contributed by atoms with Crippen LogP contribution in [0.2, 0.25) is 0 Å². The summed E-state index contributed by atoms with van der Waals surface area (Å²) >= 11 is 0. The minimum absolute atomic E-state index is 0.315. The van der Waals surface area contributed by atoms with Crippen molar-refractivity contribution >= 4 is 11.7 Å². The number of carbonyl (C=O) groups excluding carboxylic acids is 2. The summed E-state index contributed by atoms with van der Waals surface area (Å²) in [6.07, 6.45) is 6.00. The normalized spacial score (nSPS) is 13.6. The van der Waals surface area contributed by atoms with Crippen LogP contribution in [0.5, 0.6) is 0 Å². The molecule has 0 radical (unpaired) electrons. The van der Waals surface area contributed by atoms with Crippen molar-refractivity contribution in [2.75, 3.05) is 6.54 Å². The van der Waals surface area contributed by atoms with Gasteiger partial charge < -0.3 is 5.32 Å². The summed E-state index contributed by atoms with van der Waals surface area (Å²) in [5, 5.41) is 2.50. The number of benzene rings is 1. The molecule has 0 bridgehead atoms. The number of rotatable bonds is 4. The third-order valence-electron chi connectivity index (χ3n) is 3.22. The molecule has 1 aromatic rings. The number of ketones is 1. The number of hydrogen-bond acceptors (Lipinski definition) is 2. The van der Waals surface area contributed by atoms with Crippen molar-refractivity contribution in [2.24, 2.45) is 0 Å². The molecule has 0 unspecified atom stereocenters. The van der Waals surface area contributed by atoms with Crippen molar-refractivity contribution in [3.05, 3.63) is 47.5 Å². The molecule has 1 aliphatic carbocycles. The highest BCUT2D eigenvalue weighted by molar-refractivity contribution is 6.42. The van der Waals surface area contributed by atoms with Crippen molar-refractivity contribution in [3.8, 4) is 0 Å². The van der Waals surface area contributed by atoms with Gasteiger partial charge in [0.1, 0.15) is 0 Å². The number of carbonyl (C=O) groups is 2. The summed E-state index contributed by atoms with van der Waals surface area (Å²) in [5.74, 6) is -1.03. The second-order valence-electron chi connectivity index (χ2n) is 4.52. The molecule has 1 aromatic carbocycles. The maximum Gasteiger partial charge on any atom is 0.292 e. The summed E-state index contributed by atoms with van der Waals surface area (Å²) in [5.41, 5.74) is 3.00. The second kappa shape index (κ2) is 5.63. The van der Waals surface area contributed by atoms with Crippen LogP contribution in [-0.2, 0) is 17.6 Å². The lowest BCUT2D eigenvalue weighted by Crippen LogP contribution is -2.31. The van der Waals surface area contributed by atoms with E-state index in [1.807, 2.05) is 12.1 Å². The van der Waals surface area contributed by atoms with E-state index in [1.165, 1.54) is 17.5 Å². The van der Waals surface area contributed by atoms with Gasteiger partial charge >= 0.3 is 0 Å². The van der Waals surface area contributed by atoms with Gasteiger partial charge in [0.25, 0.3) is 5.91 Å². The molecular weight excluding hydrogens is 226 g/mol. The van der Waals surface area contributed by atoms with Crippen LogP contribution in [-0.4, -0.2) is 18.2 Å². The molecule has 3 nitrogen and oxygen atoms in total. The van der Waals surface area contributed by atoms with Crippen molar-refractivity contribution in [1.29, 1.82) is 0 Å². The van der Waals surface area contributed by atoms with E-state index in [0.717, 1.165) is 19.3 Å². The summed E-state index contributed by atoms with van der Waals surface area (Å²) in [4.78, 5) is 23.5. The van der Waals surface area contributed by atoms with Crippen LogP contribution in [0.15, 0.2) is 30.9 Å². The first-order chi connectivity index (χ1) is 8.72. The average Bonchev–Trinajstić information content (AvgIpc) is 2.43. The Morgan fingerprint density at radius 2 is 1.94 bits per heavy atom. The molecule has 0 aromatic heterocycles. The third-order valence-corrected chi connectivity index (χ3v) is 3.22. The summed E-state index contributed by atoms with van der Waals surface area (Å²) < 4.78 is 0. The van der Waals surface area contributed by atoms with Gasteiger partial charge in [-0.25, -0.2) is 0 Å². The Balaban J connectivity index is 2.15. The molecule has 0 saturated carbocycles. The zero-order valence-electron chi connectivity index (χ0n) is 10.4. The molecule has 1 aliphatic rings. The Kier molecular flexibility index (Phi) is 3.92. The van der Waals surface area contributed by atoms with Gasteiger partial charge in [-0.1, -0.05) is 18.2 Å². The standard InChI is InChI=1S/C15H17NO2/c1-2-9-16-15(18)14(17)13-8-7-11-5-3-4-6-12(11)10-13/h2,7-8,10H,1,3-6,9H2,(H,16,18). The predicted molar refractivity (Wildman–Crippen MR) is 70.6 cm³/mol. The maximum absolute atomic E-state index is 11.9. The molecular formula is C15H17NO2. The molecule has 1 amide bonds. The lowest BCUT2D eigenvalue weighted by Gasteiger charge is -2.16. The van der Waals surface area contributed by atoms with Crippen LogP contribution in [0.3, 0.4) is 0 Å². The average molecular weight is 243 g/mol. The van der Waals surface area contributed by atoms with Crippen molar-refractivity contribution in [2.45, 2.75) is 25.7 Å². The smallest absolute Gasteiger partial charge is 0.292 e. The highest BCUT2D eigenvalue weighted by atomic mass is 16.2. The van der Waals surface area contributed by atoms with E-state index in [1.54, 1.807) is 12.1 Å². The highest BCUT2D eigenvalue weighted by Gasteiger charge is 2.17. The largest absolute Gasteiger partial charge is 0.346 e. The molecule has 0 heterocycles. The molecule has 2 rings (SSSR count). The van der Waals surface area contributed by atoms with Crippen LogP contribution >= 0.6 is 0 Å². The summed E-state index contributed by atoms with van der Waals surface area (Å²) in [7, 11) is 0. The van der Waals surface area contributed by atoms with Crippen LogP contribution in [0.1, 0.15) is 34.3 Å². The number of aryl methyl sites for hydroxylation is 2. The molecule has 3 heteroatoms. The topological polar surface area (TPSA) is 46.2 Å². The fourth-order valence-electron chi connectivity index (χ4n) is 2.25. The Morgan fingerprint density at radius 1 is 1.22 bits per heavy atom. The van der Waals surface area contributed by atoms with Gasteiger partial charge in [0.05, 0.1) is 0 Å². The third kappa shape index (κ3) is 2.67. The highest BCUT2D eigenvalue weighted by Crippen LogP contribution is 2.22. The Morgan fingerprint density at radius 3 is 2.67 bits per heavy atom. The van der Waals surface area contributed by atoms with Gasteiger partial charge in [0.2, 0.25) is 5.78 Å². The fraction of sp³-hybridized carbons (Fsp3) is 0.333. The van der Waals surface area contributed by atoms with Crippen LogP contribution in [0, 0.1) is 0 Å². The predicted octanol–water partition coefficient (Wildman–Crippen LogP) is 2.05. The van der Waals surface area contributed by atoms with Gasteiger partial charge in [-0.15, -0.1) is 6.58 Å². The number of nitrogens with one attached hydrogen (secondary N) is 1. The number of hydrogen-bond donors (Lipinski definition) is 1. The lowest BCUT2D eigenvalue weighted by atomic mass is 9.90. The number of Topliss-reactive ketones (excluding diaryl/α,β-unsaturated/α-hetero) is 1. The molecule has 0 fully saturated rings. The monoisotopic (exact) mass is 243 g/mol. The zero-order chi connectivity index (χ0) is 13.0. The Bertz CT molecular complexity index is 491. The molecule has 94 valence electrons. The summed E-state index contributed by atoms with van der Waals surface area (Å²) in [6, 6.07) is 5.59. The first kappa shape index (κ1) is 12.6. The first-order valence-electron chi connectivity index (χ1n) is 6.27. The van der Waals surface area contributed by atoms with E-state index in [4.69, 9.17) is 0 Å². The van der Waals surface area contributed by atoms with E-state index in [2.05, 4.69) is 11.9 Å². The van der Waals surface area contributed by atoms with Crippen LogP contribution < -0.4 is 5.32 Å². The van der Waals surface area contributed by atoms with Gasteiger partial charge in [-0.3, -0.25) is 9.59 Å². The number of fused-ring (bicyclic) bond motifs is 1. The number of amides is 1. The molecule has 0 aliphatic heterocycles. The molecule has 0 atom stereocenters. The van der Waals surface area contributed by atoms with E-state index in [9.17, 15) is 9.59 Å². The van der Waals surface area contributed by atoms with Gasteiger partial charge in [0, 0.05) is 12.1 Å². The quantitative estimate of drug-likeness (QED) is 0.500. The molecule has 0 spiro atoms. The lowest BCUT2D eigenvalue weighted by molar-refractivity contribution is -0.116. The Hall–Kier alpha value is -1.90. The first-order valence-corrected chi connectivity index (χ1v) is 6.27. The SMILES string of the molecule is C=CCNC(=O)C(=O)c1ccc2c(c1)CCCC2. The second-order valence-corrected chi connectivity index (χ2v) is 4.52. The zero-order valence-corrected chi connectivity index (χ0v) is 10.4. The van der Waals surface area contributed by atoms with E-state index >= 15 is 0 Å². The minimum Gasteiger partial charge on any atom is -0.346 e. The van der Waals surface area contributed by atoms with Crippen molar-refractivity contribution < 1.29 is 9.59 Å².